The number of likely N-dealkylation sites (N-methyl/N-ethyl adjacent to an activating group) is 1. The first-order chi connectivity index (χ1) is 14.8. The lowest BCUT2D eigenvalue weighted by atomic mass is 10.1. The molecule has 166 valence electrons. The molecule has 0 bridgehead atoms. The number of nitrogens with two attached hydrogens (primary N) is 1. The highest BCUT2D eigenvalue weighted by Gasteiger charge is 2.24. The Labute approximate surface area is 181 Å². The van der Waals surface area contributed by atoms with Crippen molar-refractivity contribution in [1.29, 1.82) is 0 Å². The van der Waals surface area contributed by atoms with Crippen LogP contribution in [0.2, 0.25) is 0 Å². The van der Waals surface area contributed by atoms with Crippen LogP contribution in [0.4, 0.5) is 4.79 Å². The molecule has 1 aliphatic heterocycles. The average molecular weight is 428 g/mol. The zero-order valence-electron chi connectivity index (χ0n) is 17.9. The summed E-state index contributed by atoms with van der Waals surface area (Å²) in [6.07, 6.45) is -0.710. The van der Waals surface area contributed by atoms with E-state index in [-0.39, 0.29) is 12.8 Å². The van der Waals surface area contributed by atoms with Gasteiger partial charge < -0.3 is 29.6 Å². The van der Waals surface area contributed by atoms with Crippen LogP contribution < -0.4 is 15.2 Å². The molecule has 2 aromatic rings. The number of hydrogen-bond acceptors (Lipinski definition) is 7. The van der Waals surface area contributed by atoms with Gasteiger partial charge in [0.15, 0.2) is 11.5 Å². The van der Waals surface area contributed by atoms with E-state index in [0.29, 0.717) is 24.3 Å². The number of rotatable bonds is 8. The van der Waals surface area contributed by atoms with E-state index in [4.69, 9.17) is 24.7 Å². The first-order valence-corrected chi connectivity index (χ1v) is 10.2. The van der Waals surface area contributed by atoms with Crippen molar-refractivity contribution in [2.75, 3.05) is 13.8 Å². The van der Waals surface area contributed by atoms with Crippen molar-refractivity contribution in [2.24, 2.45) is 5.73 Å². The first-order valence-electron chi connectivity index (χ1n) is 10.2. The van der Waals surface area contributed by atoms with E-state index in [0.717, 1.165) is 11.1 Å². The highest BCUT2D eigenvalue weighted by molar-refractivity contribution is 5.76. The maximum absolute atomic E-state index is 12.5. The normalized spacial score (nSPS) is 15.0. The largest absolute Gasteiger partial charge is 0.454 e. The van der Waals surface area contributed by atoms with Gasteiger partial charge in [-0.25, -0.2) is 4.79 Å². The van der Waals surface area contributed by atoms with Crippen molar-refractivity contribution < 1.29 is 28.5 Å². The number of ether oxygens (including phenoxy) is 4. The van der Waals surface area contributed by atoms with E-state index in [2.05, 4.69) is 0 Å². The Morgan fingerprint density at radius 1 is 1.00 bits per heavy atom. The lowest BCUT2D eigenvalue weighted by molar-refractivity contribution is -0.167. The Morgan fingerprint density at radius 3 is 2.45 bits per heavy atom. The maximum atomic E-state index is 12.5. The van der Waals surface area contributed by atoms with Crippen LogP contribution in [-0.2, 0) is 27.1 Å². The highest BCUT2D eigenvalue weighted by atomic mass is 16.7. The molecule has 3 unspecified atom stereocenters. The van der Waals surface area contributed by atoms with Crippen LogP contribution in [0.1, 0.15) is 25.0 Å². The van der Waals surface area contributed by atoms with Crippen LogP contribution in [0.3, 0.4) is 0 Å². The van der Waals surface area contributed by atoms with Crippen LogP contribution >= 0.6 is 0 Å². The quantitative estimate of drug-likeness (QED) is 0.510. The van der Waals surface area contributed by atoms with Crippen molar-refractivity contribution in [1.82, 2.24) is 4.90 Å². The van der Waals surface area contributed by atoms with Crippen LogP contribution in [-0.4, -0.2) is 49.2 Å². The molecule has 0 spiro atoms. The zero-order chi connectivity index (χ0) is 22.4. The molecule has 0 saturated heterocycles. The standard InChI is InChI=1S/C23H28N2O6/c1-15(11-18-9-10-20-21(13-18)29-14-28-20)25(3)23(27)31-16(2)30-22(26)19(24)12-17-7-5-4-6-8-17/h4-10,13,15-16,19H,11-12,14,24H2,1-3H3. The Hall–Kier alpha value is -3.26. The molecule has 1 aliphatic rings. The summed E-state index contributed by atoms with van der Waals surface area (Å²) in [6, 6.07) is 14.1. The summed E-state index contributed by atoms with van der Waals surface area (Å²) in [7, 11) is 1.63. The van der Waals surface area contributed by atoms with Gasteiger partial charge in [0, 0.05) is 20.0 Å². The lowest BCUT2D eigenvalue weighted by Gasteiger charge is -2.26. The molecule has 0 fully saturated rings. The molecule has 8 nitrogen and oxygen atoms in total. The number of fused-ring (bicyclic) bond motifs is 1. The van der Waals surface area contributed by atoms with Gasteiger partial charge in [-0.3, -0.25) is 4.79 Å². The predicted molar refractivity (Wildman–Crippen MR) is 114 cm³/mol. The van der Waals surface area contributed by atoms with Gasteiger partial charge in [0.1, 0.15) is 6.04 Å². The van der Waals surface area contributed by atoms with E-state index in [1.165, 1.54) is 11.8 Å². The Kier molecular flexibility index (Phi) is 7.36. The summed E-state index contributed by atoms with van der Waals surface area (Å²) in [6.45, 7) is 3.60. The molecule has 0 saturated carbocycles. The fourth-order valence-corrected chi connectivity index (χ4v) is 3.18. The van der Waals surface area contributed by atoms with Crippen LogP contribution in [0.15, 0.2) is 48.5 Å². The Balaban J connectivity index is 1.46. The molecule has 3 rings (SSSR count). The molecular weight excluding hydrogens is 400 g/mol. The summed E-state index contributed by atoms with van der Waals surface area (Å²) >= 11 is 0. The third kappa shape index (κ3) is 6.11. The zero-order valence-corrected chi connectivity index (χ0v) is 17.9. The molecule has 2 N–H and O–H groups in total. The molecule has 0 aromatic heterocycles. The summed E-state index contributed by atoms with van der Waals surface area (Å²) in [5.41, 5.74) is 7.84. The number of amides is 1. The first kappa shape index (κ1) is 22.4. The minimum absolute atomic E-state index is 0.156. The second kappa shape index (κ2) is 10.2. The molecule has 0 radical (unpaired) electrons. The fraction of sp³-hybridized carbons (Fsp3) is 0.391. The van der Waals surface area contributed by atoms with Gasteiger partial charge >= 0.3 is 12.1 Å². The number of hydrogen-bond donors (Lipinski definition) is 1. The molecule has 0 aliphatic carbocycles. The molecule has 2 aromatic carbocycles. The Morgan fingerprint density at radius 2 is 1.71 bits per heavy atom. The molecule has 8 heteroatoms. The number of carbonyl (C=O) groups excluding carboxylic acids is 2. The van der Waals surface area contributed by atoms with Gasteiger partial charge in [-0.2, -0.15) is 0 Å². The Bertz CT molecular complexity index is 904. The number of nitrogens with zero attached hydrogens (tertiary/aromatic N) is 1. The van der Waals surface area contributed by atoms with Gasteiger partial charge in [0.2, 0.25) is 13.1 Å². The number of benzene rings is 2. The summed E-state index contributed by atoms with van der Waals surface area (Å²) < 4.78 is 21.2. The highest BCUT2D eigenvalue weighted by Crippen LogP contribution is 2.33. The SMILES string of the molecule is CC(OC(=O)C(N)Cc1ccccc1)OC(=O)N(C)C(C)Cc1ccc2c(c1)OCO2. The monoisotopic (exact) mass is 428 g/mol. The van der Waals surface area contributed by atoms with E-state index in [1.54, 1.807) is 7.05 Å². The number of esters is 1. The minimum Gasteiger partial charge on any atom is -0.454 e. The van der Waals surface area contributed by atoms with E-state index >= 15 is 0 Å². The van der Waals surface area contributed by atoms with Crippen molar-refractivity contribution in [3.63, 3.8) is 0 Å². The molecule has 1 heterocycles. The van der Waals surface area contributed by atoms with Crippen LogP contribution in [0.25, 0.3) is 0 Å². The minimum atomic E-state index is -1.05. The third-order valence-corrected chi connectivity index (χ3v) is 5.07. The summed E-state index contributed by atoms with van der Waals surface area (Å²) in [4.78, 5) is 26.1. The number of carbonyl (C=O) groups is 2. The van der Waals surface area contributed by atoms with E-state index < -0.39 is 24.4 Å². The second-order valence-corrected chi connectivity index (χ2v) is 7.54. The van der Waals surface area contributed by atoms with Crippen molar-refractivity contribution in [3.8, 4) is 11.5 Å². The van der Waals surface area contributed by atoms with Gasteiger partial charge in [-0.1, -0.05) is 36.4 Å². The van der Waals surface area contributed by atoms with Crippen molar-refractivity contribution in [2.45, 2.75) is 45.1 Å². The summed E-state index contributed by atoms with van der Waals surface area (Å²) in [5, 5.41) is 0. The molecule has 3 atom stereocenters. The average Bonchev–Trinajstić information content (AvgIpc) is 3.21. The van der Waals surface area contributed by atoms with Crippen LogP contribution in [0, 0.1) is 0 Å². The molecular formula is C23H28N2O6. The fourth-order valence-electron chi connectivity index (χ4n) is 3.18. The molecule has 31 heavy (non-hydrogen) atoms. The molecule has 1 amide bonds. The van der Waals surface area contributed by atoms with Gasteiger partial charge in [0.25, 0.3) is 0 Å². The van der Waals surface area contributed by atoms with E-state index in [9.17, 15) is 9.59 Å². The summed E-state index contributed by atoms with van der Waals surface area (Å²) in [5.74, 6) is 0.785. The van der Waals surface area contributed by atoms with Gasteiger partial charge in [-0.15, -0.1) is 0 Å². The second-order valence-electron chi connectivity index (χ2n) is 7.54. The van der Waals surface area contributed by atoms with Gasteiger partial charge in [-0.05, 0) is 43.0 Å². The van der Waals surface area contributed by atoms with Crippen LogP contribution in [0.5, 0.6) is 11.5 Å². The predicted octanol–water partition coefficient (Wildman–Crippen LogP) is 2.87. The van der Waals surface area contributed by atoms with E-state index in [1.807, 2.05) is 55.5 Å². The third-order valence-electron chi connectivity index (χ3n) is 5.07. The smallest absolute Gasteiger partial charge is 0.412 e. The van der Waals surface area contributed by atoms with Crippen molar-refractivity contribution in [3.05, 3.63) is 59.7 Å². The van der Waals surface area contributed by atoms with Gasteiger partial charge in [0.05, 0.1) is 0 Å². The lowest BCUT2D eigenvalue weighted by Crippen LogP contribution is -2.41. The van der Waals surface area contributed by atoms with Crippen molar-refractivity contribution >= 4 is 12.1 Å². The maximum Gasteiger partial charge on any atom is 0.412 e. The topological polar surface area (TPSA) is 100 Å².